The van der Waals surface area contributed by atoms with E-state index in [0.717, 1.165) is 6.07 Å². The summed E-state index contributed by atoms with van der Waals surface area (Å²) in [7, 11) is 0. The van der Waals surface area contributed by atoms with E-state index < -0.39 is 22.2 Å². The van der Waals surface area contributed by atoms with Crippen molar-refractivity contribution in [3.8, 4) is 11.4 Å². The van der Waals surface area contributed by atoms with Crippen LogP contribution in [0.2, 0.25) is 0 Å². The molecule has 0 saturated heterocycles. The third kappa shape index (κ3) is 2.24. The molecule has 0 saturated carbocycles. The van der Waals surface area contributed by atoms with Gasteiger partial charge >= 0.3 is 0 Å². The van der Waals surface area contributed by atoms with Crippen LogP contribution in [0.4, 0.5) is 14.5 Å². The van der Waals surface area contributed by atoms with Gasteiger partial charge in [-0.15, -0.1) is 0 Å². The monoisotopic (exact) mass is 286 g/mol. The molecular formula is C10H8F2N4O2S. The second-order valence-corrected chi connectivity index (χ2v) is 4.02. The van der Waals surface area contributed by atoms with E-state index in [1.54, 1.807) is 6.92 Å². The number of H-pyrrole nitrogens is 1. The summed E-state index contributed by atoms with van der Waals surface area (Å²) in [6.07, 6.45) is 0. The van der Waals surface area contributed by atoms with E-state index in [-0.39, 0.29) is 16.2 Å². The number of nitrogens with zero attached hydrogens (tertiary/aromatic N) is 3. The highest BCUT2D eigenvalue weighted by molar-refractivity contribution is 7.71. The van der Waals surface area contributed by atoms with Gasteiger partial charge in [0, 0.05) is 6.54 Å². The average molecular weight is 286 g/mol. The van der Waals surface area contributed by atoms with Gasteiger partial charge in [-0.05, 0) is 25.2 Å². The lowest BCUT2D eigenvalue weighted by atomic mass is 10.1. The van der Waals surface area contributed by atoms with E-state index >= 15 is 0 Å². The van der Waals surface area contributed by atoms with Gasteiger partial charge in [-0.3, -0.25) is 15.2 Å². The van der Waals surface area contributed by atoms with Gasteiger partial charge in [-0.1, -0.05) is 0 Å². The molecule has 0 atom stereocenters. The largest absolute Gasteiger partial charge is 0.300 e. The van der Waals surface area contributed by atoms with Crippen molar-refractivity contribution in [2.24, 2.45) is 0 Å². The molecule has 1 aromatic carbocycles. The molecule has 0 aliphatic heterocycles. The Morgan fingerprint density at radius 3 is 2.68 bits per heavy atom. The molecule has 0 bridgehead atoms. The zero-order valence-electron chi connectivity index (χ0n) is 9.68. The van der Waals surface area contributed by atoms with E-state index in [1.165, 1.54) is 4.57 Å². The lowest BCUT2D eigenvalue weighted by Gasteiger charge is -2.05. The first-order valence-corrected chi connectivity index (χ1v) is 5.65. The van der Waals surface area contributed by atoms with Crippen LogP contribution in [0.3, 0.4) is 0 Å². The molecule has 2 aromatic rings. The standard InChI is InChI=1S/C10H8F2N4O2S/c1-2-15-9(13-14-10(15)19)5-3-6(11)7(12)4-8(5)16(17)18/h3-4H,2H2,1H3,(H,14,19). The maximum Gasteiger partial charge on any atom is 0.283 e. The van der Waals surface area contributed by atoms with E-state index in [4.69, 9.17) is 12.2 Å². The van der Waals surface area contributed by atoms with Gasteiger partial charge in [-0.2, -0.15) is 5.10 Å². The Balaban J connectivity index is 2.77. The SMILES string of the molecule is CCn1c(-c2cc(F)c(F)cc2[N+](=O)[O-])n[nH]c1=S. The molecule has 0 radical (unpaired) electrons. The molecule has 100 valence electrons. The number of aromatic amines is 1. The zero-order chi connectivity index (χ0) is 14.2. The van der Waals surface area contributed by atoms with Crippen LogP contribution in [-0.4, -0.2) is 19.7 Å². The molecule has 0 aliphatic rings. The Morgan fingerprint density at radius 1 is 1.47 bits per heavy atom. The fourth-order valence-electron chi connectivity index (χ4n) is 1.68. The highest BCUT2D eigenvalue weighted by Crippen LogP contribution is 2.30. The van der Waals surface area contributed by atoms with Crippen molar-refractivity contribution in [1.82, 2.24) is 14.8 Å². The predicted molar refractivity (Wildman–Crippen MR) is 65.1 cm³/mol. The molecule has 0 unspecified atom stereocenters. The van der Waals surface area contributed by atoms with E-state index in [0.29, 0.717) is 12.6 Å². The van der Waals surface area contributed by atoms with E-state index in [9.17, 15) is 18.9 Å². The predicted octanol–water partition coefficient (Wildman–Crippen LogP) is 2.81. The lowest BCUT2D eigenvalue weighted by molar-refractivity contribution is -0.384. The van der Waals surface area contributed by atoms with Crippen molar-refractivity contribution in [3.63, 3.8) is 0 Å². The first-order valence-electron chi connectivity index (χ1n) is 5.24. The molecule has 6 nitrogen and oxygen atoms in total. The minimum absolute atomic E-state index is 0.0955. The number of nitrogens with one attached hydrogen (secondary N) is 1. The second kappa shape index (κ2) is 4.84. The summed E-state index contributed by atoms with van der Waals surface area (Å²) in [5, 5.41) is 17.2. The summed E-state index contributed by atoms with van der Waals surface area (Å²) in [5.41, 5.74) is -0.694. The summed E-state index contributed by atoms with van der Waals surface area (Å²) in [6, 6.07) is 1.27. The van der Waals surface area contributed by atoms with Crippen LogP contribution < -0.4 is 0 Å². The third-order valence-corrected chi connectivity index (χ3v) is 2.86. The smallest absolute Gasteiger partial charge is 0.283 e. The van der Waals surface area contributed by atoms with Crippen LogP contribution in [0.5, 0.6) is 0 Å². The van der Waals surface area contributed by atoms with Crippen LogP contribution in [0.25, 0.3) is 11.4 Å². The Labute approximate surface area is 110 Å². The maximum absolute atomic E-state index is 13.3. The molecule has 1 aromatic heterocycles. The Kier molecular flexibility index (Phi) is 3.38. The van der Waals surface area contributed by atoms with Crippen molar-refractivity contribution in [2.75, 3.05) is 0 Å². The Hall–Kier alpha value is -2.16. The molecule has 9 heteroatoms. The van der Waals surface area contributed by atoms with Crippen molar-refractivity contribution in [2.45, 2.75) is 13.5 Å². The number of halogens is 2. The molecule has 0 aliphatic carbocycles. The van der Waals surface area contributed by atoms with Gasteiger partial charge in [-0.25, -0.2) is 8.78 Å². The Morgan fingerprint density at radius 2 is 2.11 bits per heavy atom. The van der Waals surface area contributed by atoms with Crippen LogP contribution >= 0.6 is 12.2 Å². The van der Waals surface area contributed by atoms with Crippen molar-refractivity contribution in [3.05, 3.63) is 38.7 Å². The fourth-order valence-corrected chi connectivity index (χ4v) is 1.94. The number of benzene rings is 1. The molecule has 1 N–H and O–H groups in total. The first kappa shape index (κ1) is 13.3. The summed E-state index contributed by atoms with van der Waals surface area (Å²) >= 11 is 4.95. The highest BCUT2D eigenvalue weighted by atomic mass is 32.1. The van der Waals surface area contributed by atoms with Crippen LogP contribution in [-0.2, 0) is 6.54 Å². The Bertz CT molecular complexity index is 710. The van der Waals surface area contributed by atoms with Crippen molar-refractivity contribution in [1.29, 1.82) is 0 Å². The van der Waals surface area contributed by atoms with Gasteiger partial charge in [0.15, 0.2) is 22.2 Å². The van der Waals surface area contributed by atoms with Gasteiger partial charge in [0.05, 0.1) is 11.0 Å². The summed E-state index contributed by atoms with van der Waals surface area (Å²) < 4.78 is 28.1. The molecule has 1 heterocycles. The molecule has 0 spiro atoms. The maximum atomic E-state index is 13.3. The van der Waals surface area contributed by atoms with Crippen molar-refractivity contribution >= 4 is 17.9 Å². The summed E-state index contributed by atoms with van der Waals surface area (Å²) in [4.78, 5) is 10.1. The van der Waals surface area contributed by atoms with Crippen LogP contribution in [0.1, 0.15) is 6.92 Å². The zero-order valence-corrected chi connectivity index (χ0v) is 10.5. The van der Waals surface area contributed by atoms with Gasteiger partial charge in [0.25, 0.3) is 5.69 Å². The number of aromatic nitrogens is 3. The average Bonchev–Trinajstić information content (AvgIpc) is 2.72. The first-order chi connectivity index (χ1) is 8.95. The molecule has 19 heavy (non-hydrogen) atoms. The number of rotatable bonds is 3. The quantitative estimate of drug-likeness (QED) is 0.534. The molecule has 0 amide bonds. The minimum Gasteiger partial charge on any atom is -0.300 e. The highest BCUT2D eigenvalue weighted by Gasteiger charge is 2.23. The number of hydrogen-bond donors (Lipinski definition) is 1. The summed E-state index contributed by atoms with van der Waals surface area (Å²) in [5.74, 6) is -2.37. The normalized spacial score (nSPS) is 10.7. The minimum atomic E-state index is -1.28. The topological polar surface area (TPSA) is 76.8 Å². The number of nitro groups is 1. The van der Waals surface area contributed by atoms with Gasteiger partial charge < -0.3 is 4.57 Å². The second-order valence-electron chi connectivity index (χ2n) is 3.64. The van der Waals surface area contributed by atoms with Gasteiger partial charge in [0.1, 0.15) is 5.56 Å². The van der Waals surface area contributed by atoms with Crippen molar-refractivity contribution < 1.29 is 13.7 Å². The lowest BCUT2D eigenvalue weighted by Crippen LogP contribution is -2.02. The summed E-state index contributed by atoms with van der Waals surface area (Å²) in [6.45, 7) is 2.14. The number of nitro benzene ring substituents is 1. The van der Waals surface area contributed by atoms with E-state index in [1.807, 2.05) is 0 Å². The van der Waals surface area contributed by atoms with Crippen LogP contribution in [0.15, 0.2) is 12.1 Å². The van der Waals surface area contributed by atoms with Crippen LogP contribution in [0, 0.1) is 26.5 Å². The fraction of sp³-hybridized carbons (Fsp3) is 0.200. The molecule has 2 rings (SSSR count). The van der Waals surface area contributed by atoms with Gasteiger partial charge in [0.2, 0.25) is 0 Å². The third-order valence-electron chi connectivity index (χ3n) is 2.55. The molecule has 0 fully saturated rings. The van der Waals surface area contributed by atoms with E-state index in [2.05, 4.69) is 10.2 Å². The molecular weight excluding hydrogens is 278 g/mol. The number of hydrogen-bond acceptors (Lipinski definition) is 4.